The summed E-state index contributed by atoms with van der Waals surface area (Å²) in [7, 11) is 9.41. The summed E-state index contributed by atoms with van der Waals surface area (Å²) in [5.74, 6) is 0. The second-order valence-electron chi connectivity index (χ2n) is 4.00. The van der Waals surface area contributed by atoms with Gasteiger partial charge in [-0.1, -0.05) is 6.92 Å². The fourth-order valence-corrected chi connectivity index (χ4v) is 1.43. The van der Waals surface area contributed by atoms with E-state index in [0.717, 1.165) is 13.0 Å². The summed E-state index contributed by atoms with van der Waals surface area (Å²) in [6.07, 6.45) is 0.895. The molecule has 0 aromatic heterocycles. The van der Waals surface area contributed by atoms with Gasteiger partial charge in [0.1, 0.15) is 0 Å². The van der Waals surface area contributed by atoms with Crippen LogP contribution in [0.25, 0.3) is 0 Å². The zero-order valence-corrected chi connectivity index (χ0v) is 8.00. The van der Waals surface area contributed by atoms with Gasteiger partial charge in [-0.25, -0.2) is 4.79 Å². The third kappa shape index (κ3) is 1.93. The molecule has 0 aliphatic carbocycles. The van der Waals surface area contributed by atoms with E-state index in [0.29, 0.717) is 6.54 Å². The van der Waals surface area contributed by atoms with E-state index >= 15 is 0 Å². The van der Waals surface area contributed by atoms with Crippen LogP contribution in [0.5, 0.6) is 0 Å². The molecule has 1 aliphatic rings. The molecule has 1 unspecified atom stereocenters. The Morgan fingerprint density at radius 1 is 1.58 bits per heavy atom. The zero-order valence-electron chi connectivity index (χ0n) is 8.00. The van der Waals surface area contributed by atoms with Gasteiger partial charge in [-0.15, -0.1) is 0 Å². The topological polar surface area (TPSA) is 23.6 Å². The first kappa shape index (κ1) is 9.42. The number of carbonyl (C=O) groups is 1. The monoisotopic (exact) mass is 166 g/mol. The number of urea groups is 1. The molecular weight excluding hydrogens is 151 g/mol. The van der Waals surface area contributed by atoms with Crippen molar-refractivity contribution in [2.75, 3.05) is 27.2 Å². The molecule has 2 radical (unpaired) electrons. The second-order valence-corrected chi connectivity index (χ2v) is 4.00. The quantitative estimate of drug-likeness (QED) is 0.486. The molecule has 0 bridgehead atoms. The molecule has 66 valence electrons. The largest absolute Gasteiger partial charge is 0.331 e. The zero-order chi connectivity index (χ0) is 9.35. The minimum Gasteiger partial charge on any atom is -0.331 e. The van der Waals surface area contributed by atoms with Crippen LogP contribution in [0.2, 0.25) is 5.31 Å². The van der Waals surface area contributed by atoms with Gasteiger partial charge in [0.2, 0.25) is 0 Å². The predicted octanol–water partition coefficient (Wildman–Crippen LogP) is 0.721. The van der Waals surface area contributed by atoms with Crippen molar-refractivity contribution in [3.05, 3.63) is 0 Å². The van der Waals surface area contributed by atoms with Crippen molar-refractivity contribution in [1.82, 2.24) is 9.80 Å². The summed E-state index contributed by atoms with van der Waals surface area (Å²) >= 11 is 0. The fraction of sp³-hybridized carbons (Fsp3) is 0.875. The van der Waals surface area contributed by atoms with Crippen LogP contribution in [0, 0.1) is 0 Å². The maximum atomic E-state index is 11.4. The summed E-state index contributed by atoms with van der Waals surface area (Å²) in [5, 5.41) is -0.189. The molecule has 2 amide bonds. The molecule has 1 aliphatic heterocycles. The Morgan fingerprint density at radius 2 is 2.17 bits per heavy atom. The normalized spacial score (nSPS) is 29.1. The summed E-state index contributed by atoms with van der Waals surface area (Å²) in [6.45, 7) is 3.43. The van der Waals surface area contributed by atoms with Gasteiger partial charge >= 0.3 is 6.03 Å². The molecule has 1 atom stereocenters. The third-order valence-corrected chi connectivity index (χ3v) is 2.16. The van der Waals surface area contributed by atoms with Crippen molar-refractivity contribution < 1.29 is 4.79 Å². The van der Waals surface area contributed by atoms with Crippen LogP contribution in [-0.4, -0.2) is 50.9 Å². The van der Waals surface area contributed by atoms with Crippen LogP contribution >= 0.6 is 0 Å². The number of rotatable bonds is 0. The molecule has 1 fully saturated rings. The number of amides is 2. The Bertz CT molecular complexity index is 191. The van der Waals surface area contributed by atoms with E-state index in [1.807, 2.05) is 6.92 Å². The van der Waals surface area contributed by atoms with E-state index in [1.54, 1.807) is 23.9 Å². The van der Waals surface area contributed by atoms with Gasteiger partial charge in [-0.2, -0.15) is 0 Å². The maximum Gasteiger partial charge on any atom is 0.319 e. The van der Waals surface area contributed by atoms with Gasteiger partial charge in [0.15, 0.2) is 0 Å². The lowest BCUT2D eigenvalue weighted by Gasteiger charge is -2.23. The van der Waals surface area contributed by atoms with Crippen molar-refractivity contribution in [3.8, 4) is 0 Å². The van der Waals surface area contributed by atoms with Crippen molar-refractivity contribution in [3.63, 3.8) is 0 Å². The third-order valence-electron chi connectivity index (χ3n) is 2.16. The molecule has 0 aromatic rings. The smallest absolute Gasteiger partial charge is 0.319 e. The van der Waals surface area contributed by atoms with E-state index < -0.39 is 0 Å². The fourth-order valence-electron chi connectivity index (χ4n) is 1.43. The van der Waals surface area contributed by atoms with Crippen molar-refractivity contribution in [1.29, 1.82) is 0 Å². The van der Waals surface area contributed by atoms with Crippen molar-refractivity contribution in [2.24, 2.45) is 0 Å². The summed E-state index contributed by atoms with van der Waals surface area (Å²) in [4.78, 5) is 14.8. The lowest BCUT2D eigenvalue weighted by atomic mass is 9.70. The molecule has 4 heteroatoms. The molecular formula is C8H15BN2O. The average Bonchev–Trinajstić information content (AvgIpc) is 2.28. The Kier molecular flexibility index (Phi) is 2.35. The molecule has 1 heterocycles. The lowest BCUT2D eigenvalue weighted by molar-refractivity contribution is 0.181. The minimum absolute atomic E-state index is 0.0594. The summed E-state index contributed by atoms with van der Waals surface area (Å²) < 4.78 is 0. The maximum absolute atomic E-state index is 11.4. The van der Waals surface area contributed by atoms with Gasteiger partial charge in [0.25, 0.3) is 0 Å². The van der Waals surface area contributed by atoms with E-state index in [2.05, 4.69) is 0 Å². The molecule has 0 aromatic carbocycles. The highest BCUT2D eigenvalue weighted by Gasteiger charge is 2.31. The molecule has 0 spiro atoms. The van der Waals surface area contributed by atoms with Crippen LogP contribution in [-0.2, 0) is 0 Å². The summed E-state index contributed by atoms with van der Waals surface area (Å²) in [5.41, 5.74) is 0. The molecule has 0 saturated carbocycles. The van der Waals surface area contributed by atoms with Gasteiger partial charge in [0, 0.05) is 27.2 Å². The van der Waals surface area contributed by atoms with E-state index in [4.69, 9.17) is 7.85 Å². The van der Waals surface area contributed by atoms with E-state index in [9.17, 15) is 4.79 Å². The Labute approximate surface area is 75.1 Å². The van der Waals surface area contributed by atoms with E-state index in [-0.39, 0.29) is 11.3 Å². The van der Waals surface area contributed by atoms with Crippen LogP contribution in [0.1, 0.15) is 13.3 Å². The molecule has 3 nitrogen and oxygen atoms in total. The lowest BCUT2D eigenvalue weighted by Crippen LogP contribution is -2.37. The standard InChI is InChI=1S/C8H15BN2O/c1-8(9)4-5-11(6-8)7(12)10(2)3/h4-6H2,1-3H3. The van der Waals surface area contributed by atoms with Crippen LogP contribution in [0.3, 0.4) is 0 Å². The van der Waals surface area contributed by atoms with E-state index in [1.165, 1.54) is 0 Å². The Morgan fingerprint density at radius 3 is 2.50 bits per heavy atom. The number of nitrogens with zero attached hydrogens (tertiary/aromatic N) is 2. The predicted molar refractivity (Wildman–Crippen MR) is 49.4 cm³/mol. The van der Waals surface area contributed by atoms with Crippen LogP contribution in [0.15, 0.2) is 0 Å². The Balaban J connectivity index is 2.53. The first-order valence-corrected chi connectivity index (χ1v) is 4.17. The second kappa shape index (κ2) is 3.00. The molecule has 1 rings (SSSR count). The highest BCUT2D eigenvalue weighted by Crippen LogP contribution is 2.33. The minimum atomic E-state index is -0.189. The Hall–Kier alpha value is -0.665. The van der Waals surface area contributed by atoms with Crippen LogP contribution in [0.4, 0.5) is 4.79 Å². The average molecular weight is 166 g/mol. The molecule has 0 N–H and O–H groups in total. The highest BCUT2D eigenvalue weighted by molar-refractivity contribution is 6.15. The first-order chi connectivity index (χ1) is 5.42. The number of hydrogen-bond donors (Lipinski definition) is 0. The van der Waals surface area contributed by atoms with Crippen molar-refractivity contribution >= 4 is 13.9 Å². The number of hydrogen-bond acceptors (Lipinski definition) is 1. The van der Waals surface area contributed by atoms with Gasteiger partial charge in [0.05, 0.1) is 7.85 Å². The first-order valence-electron chi connectivity index (χ1n) is 4.17. The SMILES string of the molecule is [B]C1(C)CCN(C(=O)N(C)C)C1. The highest BCUT2D eigenvalue weighted by atomic mass is 16.2. The number of carbonyl (C=O) groups excluding carboxylic acids is 1. The molecule has 12 heavy (non-hydrogen) atoms. The summed E-state index contributed by atoms with van der Waals surface area (Å²) in [6, 6.07) is 0.0594. The van der Waals surface area contributed by atoms with Crippen LogP contribution < -0.4 is 0 Å². The number of likely N-dealkylation sites (tertiary alicyclic amines) is 1. The van der Waals surface area contributed by atoms with Crippen molar-refractivity contribution in [2.45, 2.75) is 18.7 Å². The van der Waals surface area contributed by atoms with Gasteiger partial charge < -0.3 is 9.80 Å². The molecule has 1 saturated heterocycles. The van der Waals surface area contributed by atoms with Gasteiger partial charge in [-0.3, -0.25) is 0 Å². The van der Waals surface area contributed by atoms with Gasteiger partial charge in [-0.05, 0) is 11.7 Å².